The Labute approximate surface area is 313 Å². The van der Waals surface area contributed by atoms with E-state index in [1.165, 1.54) is 72.1 Å². The van der Waals surface area contributed by atoms with E-state index in [2.05, 4.69) is 221 Å². The Kier molecular flexibility index (Phi) is 7.90. The Bertz CT molecular complexity index is 2570. The SMILES string of the molecule is CC(C)(c1ccc(-c2ccc(N(c3ccc(-c4ccccc4)cc3)c3cccc4c3-c3ccccc3C4(C)C)cc2)cc1)c1ccc2ccccc2c1. The molecule has 256 valence electrons. The van der Waals surface area contributed by atoms with Crippen molar-refractivity contribution in [2.75, 3.05) is 4.90 Å². The molecule has 1 aliphatic rings. The highest BCUT2D eigenvalue weighted by molar-refractivity contribution is 5.95. The van der Waals surface area contributed by atoms with Gasteiger partial charge in [-0.25, -0.2) is 0 Å². The lowest BCUT2D eigenvalue weighted by Crippen LogP contribution is -2.18. The maximum absolute atomic E-state index is 2.44. The van der Waals surface area contributed by atoms with Crippen molar-refractivity contribution in [3.8, 4) is 33.4 Å². The minimum atomic E-state index is -0.119. The summed E-state index contributed by atoms with van der Waals surface area (Å²) in [5.41, 5.74) is 16.1. The average Bonchev–Trinajstić information content (AvgIpc) is 3.45. The molecule has 0 amide bonds. The van der Waals surface area contributed by atoms with E-state index in [4.69, 9.17) is 0 Å². The van der Waals surface area contributed by atoms with Crippen LogP contribution in [-0.4, -0.2) is 0 Å². The zero-order valence-electron chi connectivity index (χ0n) is 30.8. The van der Waals surface area contributed by atoms with Gasteiger partial charge in [0.1, 0.15) is 0 Å². The summed E-state index contributed by atoms with van der Waals surface area (Å²) in [4.78, 5) is 2.44. The average molecular weight is 682 g/mol. The van der Waals surface area contributed by atoms with Crippen molar-refractivity contribution in [2.24, 2.45) is 0 Å². The van der Waals surface area contributed by atoms with E-state index in [0.29, 0.717) is 0 Å². The molecule has 9 rings (SSSR count). The smallest absolute Gasteiger partial charge is 0.0543 e. The molecule has 1 nitrogen and oxygen atoms in total. The lowest BCUT2D eigenvalue weighted by Gasteiger charge is -2.29. The summed E-state index contributed by atoms with van der Waals surface area (Å²) in [7, 11) is 0. The minimum Gasteiger partial charge on any atom is -0.310 e. The van der Waals surface area contributed by atoms with Crippen molar-refractivity contribution in [1.82, 2.24) is 0 Å². The summed E-state index contributed by atoms with van der Waals surface area (Å²) in [6.07, 6.45) is 0. The summed E-state index contributed by atoms with van der Waals surface area (Å²) in [5.74, 6) is 0. The van der Waals surface area contributed by atoms with Crippen molar-refractivity contribution in [2.45, 2.75) is 38.5 Å². The quantitative estimate of drug-likeness (QED) is 0.162. The topological polar surface area (TPSA) is 3.24 Å². The van der Waals surface area contributed by atoms with Gasteiger partial charge in [-0.05, 0) is 91.2 Å². The highest BCUT2D eigenvalue weighted by Crippen LogP contribution is 2.54. The zero-order valence-corrected chi connectivity index (χ0v) is 30.8. The van der Waals surface area contributed by atoms with Gasteiger partial charge in [0.2, 0.25) is 0 Å². The third-order valence-corrected chi connectivity index (χ3v) is 11.6. The van der Waals surface area contributed by atoms with E-state index < -0.39 is 0 Å². The van der Waals surface area contributed by atoms with E-state index in [1.807, 2.05) is 0 Å². The van der Waals surface area contributed by atoms with Crippen LogP contribution in [0, 0.1) is 0 Å². The van der Waals surface area contributed by atoms with E-state index in [1.54, 1.807) is 0 Å². The van der Waals surface area contributed by atoms with Crippen LogP contribution < -0.4 is 4.90 Å². The largest absolute Gasteiger partial charge is 0.310 e. The number of benzene rings is 8. The van der Waals surface area contributed by atoms with Gasteiger partial charge in [-0.2, -0.15) is 0 Å². The summed E-state index contributed by atoms with van der Waals surface area (Å²) in [6, 6.07) is 69.1. The van der Waals surface area contributed by atoms with E-state index >= 15 is 0 Å². The lowest BCUT2D eigenvalue weighted by molar-refractivity contribution is 0.642. The minimum absolute atomic E-state index is 0.0797. The Hall–Kier alpha value is -6.18. The fourth-order valence-corrected chi connectivity index (χ4v) is 8.41. The van der Waals surface area contributed by atoms with Crippen molar-refractivity contribution >= 4 is 27.8 Å². The first-order chi connectivity index (χ1) is 25.8. The van der Waals surface area contributed by atoms with Gasteiger partial charge in [-0.15, -0.1) is 0 Å². The molecule has 0 N–H and O–H groups in total. The van der Waals surface area contributed by atoms with E-state index in [-0.39, 0.29) is 10.8 Å². The molecule has 0 aromatic heterocycles. The summed E-state index contributed by atoms with van der Waals surface area (Å²) < 4.78 is 0. The van der Waals surface area contributed by atoms with Crippen molar-refractivity contribution in [3.63, 3.8) is 0 Å². The van der Waals surface area contributed by atoms with Crippen LogP contribution >= 0.6 is 0 Å². The van der Waals surface area contributed by atoms with Crippen LogP contribution in [0.2, 0.25) is 0 Å². The fourth-order valence-electron chi connectivity index (χ4n) is 8.41. The summed E-state index contributed by atoms with van der Waals surface area (Å²) in [5, 5.41) is 2.56. The Morgan fingerprint density at radius 2 is 0.925 bits per heavy atom. The third kappa shape index (κ3) is 5.65. The molecule has 8 aromatic rings. The standard InChI is InChI=1S/C52H43N/c1-51(2,43-30-23-37-15-8-9-16-41(37)35-43)42-28-21-38(22-29-42)40-26-33-45(34-27-40)53(44-31-24-39(25-32-44)36-13-6-5-7-14-36)49-20-12-19-48-50(49)46-17-10-11-18-47(46)52(48,3)4/h5-35H,1-4H3. The Balaban J connectivity index is 1.09. The van der Waals surface area contributed by atoms with Crippen LogP contribution in [0.5, 0.6) is 0 Å². The number of hydrogen-bond acceptors (Lipinski definition) is 1. The second-order valence-corrected chi connectivity index (χ2v) is 15.4. The predicted octanol–water partition coefficient (Wildman–Crippen LogP) is 14.3. The monoisotopic (exact) mass is 681 g/mol. The molecule has 0 saturated carbocycles. The first-order valence-electron chi connectivity index (χ1n) is 18.7. The van der Waals surface area contributed by atoms with Gasteiger partial charge >= 0.3 is 0 Å². The van der Waals surface area contributed by atoms with Crippen molar-refractivity contribution in [1.29, 1.82) is 0 Å². The molecule has 0 heterocycles. The highest BCUT2D eigenvalue weighted by Gasteiger charge is 2.37. The summed E-state index contributed by atoms with van der Waals surface area (Å²) in [6.45, 7) is 9.34. The maximum atomic E-state index is 2.44. The van der Waals surface area contributed by atoms with Crippen LogP contribution in [0.4, 0.5) is 17.1 Å². The first kappa shape index (κ1) is 32.7. The highest BCUT2D eigenvalue weighted by atomic mass is 15.1. The fraction of sp³-hybridized carbons (Fsp3) is 0.115. The molecule has 0 unspecified atom stereocenters. The Morgan fingerprint density at radius 3 is 1.58 bits per heavy atom. The molecular formula is C52H43N. The number of nitrogens with zero attached hydrogens (tertiary/aromatic N) is 1. The van der Waals surface area contributed by atoms with Crippen molar-refractivity contribution in [3.05, 3.63) is 210 Å². The number of hydrogen-bond donors (Lipinski definition) is 0. The molecule has 0 spiro atoms. The predicted molar refractivity (Wildman–Crippen MR) is 226 cm³/mol. The second-order valence-electron chi connectivity index (χ2n) is 15.4. The molecule has 1 aliphatic carbocycles. The molecular weight excluding hydrogens is 639 g/mol. The number of anilines is 3. The van der Waals surface area contributed by atoms with Crippen LogP contribution in [0.15, 0.2) is 188 Å². The van der Waals surface area contributed by atoms with Crippen LogP contribution in [0.3, 0.4) is 0 Å². The van der Waals surface area contributed by atoms with Gasteiger partial charge in [-0.1, -0.05) is 185 Å². The van der Waals surface area contributed by atoms with Crippen molar-refractivity contribution < 1.29 is 0 Å². The normalized spacial score (nSPS) is 13.1. The molecule has 0 saturated heterocycles. The molecule has 53 heavy (non-hydrogen) atoms. The van der Waals surface area contributed by atoms with Crippen LogP contribution in [0.1, 0.15) is 49.9 Å². The van der Waals surface area contributed by atoms with E-state index in [0.717, 1.165) is 11.4 Å². The second kappa shape index (κ2) is 12.8. The van der Waals surface area contributed by atoms with Gasteiger partial charge in [0.25, 0.3) is 0 Å². The Morgan fingerprint density at radius 1 is 0.415 bits per heavy atom. The third-order valence-electron chi connectivity index (χ3n) is 11.6. The molecule has 0 aliphatic heterocycles. The van der Waals surface area contributed by atoms with Crippen LogP contribution in [0.25, 0.3) is 44.2 Å². The molecule has 0 atom stereocenters. The van der Waals surface area contributed by atoms with Crippen LogP contribution in [-0.2, 0) is 10.8 Å². The lowest BCUT2D eigenvalue weighted by atomic mass is 9.77. The van der Waals surface area contributed by atoms with Gasteiger partial charge in [-0.3, -0.25) is 0 Å². The maximum Gasteiger partial charge on any atom is 0.0543 e. The molecule has 0 radical (unpaired) electrons. The van der Waals surface area contributed by atoms with Gasteiger partial charge in [0.05, 0.1) is 5.69 Å². The number of fused-ring (bicyclic) bond motifs is 4. The molecule has 0 fully saturated rings. The molecule has 1 heteroatoms. The van der Waals surface area contributed by atoms with Gasteiger partial charge < -0.3 is 4.90 Å². The molecule has 0 bridgehead atoms. The first-order valence-corrected chi connectivity index (χ1v) is 18.7. The zero-order chi connectivity index (χ0) is 36.2. The number of rotatable bonds is 7. The van der Waals surface area contributed by atoms with E-state index in [9.17, 15) is 0 Å². The van der Waals surface area contributed by atoms with Gasteiger partial charge in [0.15, 0.2) is 0 Å². The molecule has 8 aromatic carbocycles. The summed E-state index contributed by atoms with van der Waals surface area (Å²) >= 11 is 0. The van der Waals surface area contributed by atoms with Gasteiger partial charge in [0, 0.05) is 27.8 Å².